The zero-order chi connectivity index (χ0) is 15.8. The van der Waals surface area contributed by atoms with Gasteiger partial charge in [-0.3, -0.25) is 0 Å². The molecule has 1 aliphatic rings. The topological polar surface area (TPSA) is 24.5 Å². The van der Waals surface area contributed by atoms with Gasteiger partial charge in [-0.1, -0.05) is 39.0 Å². The van der Waals surface area contributed by atoms with Crippen LogP contribution in [0.1, 0.15) is 45.6 Å². The molecule has 124 valence electrons. The Bertz CT molecular complexity index is 433. The van der Waals surface area contributed by atoms with Crippen LogP contribution in [0, 0.1) is 0 Å². The minimum atomic E-state index is 0.138. The second-order valence-corrected chi connectivity index (χ2v) is 7.25. The third-order valence-corrected chi connectivity index (χ3v) is 4.28. The SMILES string of the molecule is CC(C)(C)c1ccccc1OCCCCCN1CCNCC1. The van der Waals surface area contributed by atoms with Gasteiger partial charge in [0.15, 0.2) is 0 Å². The van der Waals surface area contributed by atoms with Gasteiger partial charge in [-0.2, -0.15) is 0 Å². The molecule has 2 rings (SSSR count). The van der Waals surface area contributed by atoms with Gasteiger partial charge in [0.2, 0.25) is 0 Å². The summed E-state index contributed by atoms with van der Waals surface area (Å²) < 4.78 is 6.03. The van der Waals surface area contributed by atoms with E-state index in [-0.39, 0.29) is 5.41 Å². The van der Waals surface area contributed by atoms with Crippen LogP contribution in [-0.4, -0.2) is 44.2 Å². The third-order valence-electron chi connectivity index (χ3n) is 4.28. The highest BCUT2D eigenvalue weighted by molar-refractivity contribution is 5.38. The van der Waals surface area contributed by atoms with Crippen molar-refractivity contribution in [2.75, 3.05) is 39.3 Å². The van der Waals surface area contributed by atoms with E-state index in [2.05, 4.69) is 55.3 Å². The fourth-order valence-corrected chi connectivity index (χ4v) is 2.94. The number of benzene rings is 1. The maximum absolute atomic E-state index is 6.03. The van der Waals surface area contributed by atoms with Crippen LogP contribution in [0.3, 0.4) is 0 Å². The molecule has 3 nitrogen and oxygen atoms in total. The smallest absolute Gasteiger partial charge is 0.123 e. The van der Waals surface area contributed by atoms with Crippen LogP contribution in [-0.2, 0) is 5.41 Å². The second kappa shape index (κ2) is 8.54. The molecule has 3 heteroatoms. The molecule has 1 aliphatic heterocycles. The average molecular weight is 304 g/mol. The number of hydrogen-bond donors (Lipinski definition) is 1. The van der Waals surface area contributed by atoms with Crippen molar-refractivity contribution >= 4 is 0 Å². The van der Waals surface area contributed by atoms with Gasteiger partial charge in [0.1, 0.15) is 5.75 Å². The maximum Gasteiger partial charge on any atom is 0.123 e. The first kappa shape index (κ1) is 17.3. The van der Waals surface area contributed by atoms with Gasteiger partial charge in [0.25, 0.3) is 0 Å². The van der Waals surface area contributed by atoms with Gasteiger partial charge in [-0.15, -0.1) is 0 Å². The Kier molecular flexibility index (Phi) is 6.71. The molecule has 1 aromatic carbocycles. The lowest BCUT2D eigenvalue weighted by Crippen LogP contribution is -2.43. The van der Waals surface area contributed by atoms with Gasteiger partial charge in [0.05, 0.1) is 6.61 Å². The number of ether oxygens (including phenoxy) is 1. The summed E-state index contributed by atoms with van der Waals surface area (Å²) in [6, 6.07) is 8.44. The van der Waals surface area contributed by atoms with E-state index in [4.69, 9.17) is 4.74 Å². The second-order valence-electron chi connectivity index (χ2n) is 7.25. The molecule has 0 atom stereocenters. The summed E-state index contributed by atoms with van der Waals surface area (Å²) in [5.41, 5.74) is 1.44. The van der Waals surface area contributed by atoms with Gasteiger partial charge in [-0.05, 0) is 42.9 Å². The monoisotopic (exact) mass is 304 g/mol. The predicted octanol–water partition coefficient (Wildman–Crippen LogP) is 3.44. The molecule has 1 fully saturated rings. The standard InChI is InChI=1S/C19H32N2O/c1-19(2,3)17-9-5-6-10-18(17)22-16-8-4-7-13-21-14-11-20-12-15-21/h5-6,9-10,20H,4,7-8,11-16H2,1-3H3. The third kappa shape index (κ3) is 5.62. The van der Waals surface area contributed by atoms with Crippen molar-refractivity contribution in [1.82, 2.24) is 10.2 Å². The fourth-order valence-electron chi connectivity index (χ4n) is 2.94. The molecule has 0 aromatic heterocycles. The molecule has 0 spiro atoms. The number of piperazine rings is 1. The van der Waals surface area contributed by atoms with Crippen LogP contribution >= 0.6 is 0 Å². The first-order valence-electron chi connectivity index (χ1n) is 8.73. The van der Waals surface area contributed by atoms with Crippen molar-refractivity contribution in [2.45, 2.75) is 45.4 Å². The van der Waals surface area contributed by atoms with E-state index in [1.54, 1.807) is 0 Å². The van der Waals surface area contributed by atoms with Crippen molar-refractivity contribution in [1.29, 1.82) is 0 Å². The Labute approximate surface area is 136 Å². The Morgan fingerprint density at radius 1 is 1.05 bits per heavy atom. The maximum atomic E-state index is 6.03. The van der Waals surface area contributed by atoms with E-state index in [0.29, 0.717) is 0 Å². The molecule has 22 heavy (non-hydrogen) atoms. The summed E-state index contributed by atoms with van der Waals surface area (Å²) in [6.45, 7) is 13.5. The first-order valence-corrected chi connectivity index (χ1v) is 8.73. The quantitative estimate of drug-likeness (QED) is 0.781. The molecule has 0 aliphatic carbocycles. The largest absolute Gasteiger partial charge is 0.493 e. The molecule has 0 saturated carbocycles. The van der Waals surface area contributed by atoms with Gasteiger partial charge in [0, 0.05) is 26.2 Å². The van der Waals surface area contributed by atoms with E-state index in [9.17, 15) is 0 Å². The van der Waals surface area contributed by atoms with Gasteiger partial charge in [-0.25, -0.2) is 0 Å². The number of hydrogen-bond acceptors (Lipinski definition) is 3. The lowest BCUT2D eigenvalue weighted by molar-refractivity contribution is 0.231. The van der Waals surface area contributed by atoms with Crippen molar-refractivity contribution in [3.63, 3.8) is 0 Å². The van der Waals surface area contributed by atoms with Crippen LogP contribution in [0.15, 0.2) is 24.3 Å². The molecule has 1 N–H and O–H groups in total. The number of rotatable bonds is 7. The van der Waals surface area contributed by atoms with Crippen LogP contribution < -0.4 is 10.1 Å². The summed E-state index contributed by atoms with van der Waals surface area (Å²) in [5, 5.41) is 3.40. The van der Waals surface area contributed by atoms with Crippen LogP contribution in [0.25, 0.3) is 0 Å². The Hall–Kier alpha value is -1.06. The van der Waals surface area contributed by atoms with Crippen LogP contribution in [0.2, 0.25) is 0 Å². The number of nitrogens with zero attached hydrogens (tertiary/aromatic N) is 1. The van der Waals surface area contributed by atoms with Gasteiger partial charge >= 0.3 is 0 Å². The summed E-state index contributed by atoms with van der Waals surface area (Å²) in [4.78, 5) is 2.56. The highest BCUT2D eigenvalue weighted by Crippen LogP contribution is 2.30. The zero-order valence-electron chi connectivity index (χ0n) is 14.5. The Balaban J connectivity index is 1.64. The van der Waals surface area contributed by atoms with Crippen molar-refractivity contribution in [2.24, 2.45) is 0 Å². The minimum absolute atomic E-state index is 0.138. The lowest BCUT2D eigenvalue weighted by Gasteiger charge is -2.27. The minimum Gasteiger partial charge on any atom is -0.493 e. The molecule has 1 aromatic rings. The molecule has 1 heterocycles. The summed E-state index contributed by atoms with van der Waals surface area (Å²) in [7, 11) is 0. The number of nitrogens with one attached hydrogen (secondary N) is 1. The molecule has 0 amide bonds. The van der Waals surface area contributed by atoms with Crippen molar-refractivity contribution < 1.29 is 4.74 Å². The normalized spacial score (nSPS) is 16.7. The highest BCUT2D eigenvalue weighted by Gasteiger charge is 2.18. The van der Waals surface area contributed by atoms with Crippen molar-refractivity contribution in [3.8, 4) is 5.75 Å². The molecule has 1 saturated heterocycles. The molecule has 0 unspecified atom stereocenters. The van der Waals surface area contributed by atoms with Crippen LogP contribution in [0.5, 0.6) is 5.75 Å². The Morgan fingerprint density at radius 2 is 1.77 bits per heavy atom. The molecular formula is C19H32N2O. The molecule has 0 bridgehead atoms. The number of para-hydroxylation sites is 1. The summed E-state index contributed by atoms with van der Waals surface area (Å²) >= 11 is 0. The summed E-state index contributed by atoms with van der Waals surface area (Å²) in [6.07, 6.45) is 3.68. The first-order chi connectivity index (χ1) is 10.6. The molecule has 0 radical (unpaired) electrons. The van der Waals surface area contributed by atoms with E-state index in [1.165, 1.54) is 38.0 Å². The van der Waals surface area contributed by atoms with E-state index in [1.807, 2.05) is 0 Å². The number of unbranched alkanes of at least 4 members (excludes halogenated alkanes) is 2. The average Bonchev–Trinajstić information content (AvgIpc) is 2.51. The van der Waals surface area contributed by atoms with Gasteiger partial charge < -0.3 is 15.0 Å². The van der Waals surface area contributed by atoms with E-state index < -0.39 is 0 Å². The zero-order valence-corrected chi connectivity index (χ0v) is 14.5. The lowest BCUT2D eigenvalue weighted by atomic mass is 9.86. The molecular weight excluding hydrogens is 272 g/mol. The predicted molar refractivity (Wildman–Crippen MR) is 93.8 cm³/mol. The van der Waals surface area contributed by atoms with E-state index in [0.717, 1.165) is 31.9 Å². The van der Waals surface area contributed by atoms with E-state index >= 15 is 0 Å². The highest BCUT2D eigenvalue weighted by atomic mass is 16.5. The summed E-state index contributed by atoms with van der Waals surface area (Å²) in [5.74, 6) is 1.05. The Morgan fingerprint density at radius 3 is 2.50 bits per heavy atom. The van der Waals surface area contributed by atoms with Crippen LogP contribution in [0.4, 0.5) is 0 Å². The fraction of sp³-hybridized carbons (Fsp3) is 0.684. The van der Waals surface area contributed by atoms with Crippen molar-refractivity contribution in [3.05, 3.63) is 29.8 Å².